The second kappa shape index (κ2) is 8.01. The minimum absolute atomic E-state index is 0.0714. The van der Waals surface area contributed by atoms with E-state index >= 15 is 0 Å². The van der Waals surface area contributed by atoms with Gasteiger partial charge in [-0.05, 0) is 28.2 Å². The molecule has 0 aliphatic heterocycles. The van der Waals surface area contributed by atoms with E-state index in [1.165, 1.54) is 22.3 Å². The molecule has 5 nitrogen and oxygen atoms in total. The highest BCUT2D eigenvalue weighted by Crippen LogP contribution is 2.44. The zero-order chi connectivity index (χ0) is 19.3. The summed E-state index contributed by atoms with van der Waals surface area (Å²) in [7, 11) is 1.90. The summed E-state index contributed by atoms with van der Waals surface area (Å²) in [5.41, 5.74) is 5.58. The quantitative estimate of drug-likeness (QED) is 0.562. The second-order valence-electron chi connectivity index (χ2n) is 6.73. The van der Waals surface area contributed by atoms with Crippen LogP contribution in [0.5, 0.6) is 0 Å². The summed E-state index contributed by atoms with van der Waals surface area (Å²) in [6, 6.07) is 16.6. The number of hydrogen-bond acceptors (Lipinski definition) is 3. The Labute approximate surface area is 164 Å². The van der Waals surface area contributed by atoms with Crippen molar-refractivity contribution >= 4 is 6.09 Å². The smallest absolute Gasteiger partial charge is 0.407 e. The third kappa shape index (κ3) is 3.77. The molecule has 28 heavy (non-hydrogen) atoms. The van der Waals surface area contributed by atoms with Gasteiger partial charge in [-0.15, -0.1) is 0 Å². The SMILES string of the molecule is Cn1cnc(C#CCCNC(=O)OCC2c3ccccc3-c3ccccc32)c1. The van der Waals surface area contributed by atoms with E-state index in [0.717, 1.165) is 5.69 Å². The number of nitrogens with zero attached hydrogens (tertiary/aromatic N) is 2. The topological polar surface area (TPSA) is 56.2 Å². The number of aromatic nitrogens is 2. The first kappa shape index (κ1) is 17.9. The molecule has 1 heterocycles. The molecule has 1 aliphatic carbocycles. The molecule has 2 aromatic carbocycles. The van der Waals surface area contributed by atoms with Crippen LogP contribution < -0.4 is 5.32 Å². The van der Waals surface area contributed by atoms with Gasteiger partial charge in [0.2, 0.25) is 0 Å². The van der Waals surface area contributed by atoms with Gasteiger partial charge < -0.3 is 14.6 Å². The molecule has 140 valence electrons. The van der Waals surface area contributed by atoms with Gasteiger partial charge in [-0.1, -0.05) is 54.5 Å². The highest BCUT2D eigenvalue weighted by atomic mass is 16.5. The maximum Gasteiger partial charge on any atom is 0.407 e. The van der Waals surface area contributed by atoms with Gasteiger partial charge in [-0.25, -0.2) is 9.78 Å². The highest BCUT2D eigenvalue weighted by molar-refractivity contribution is 5.79. The van der Waals surface area contributed by atoms with Gasteiger partial charge >= 0.3 is 6.09 Å². The molecule has 4 rings (SSSR count). The van der Waals surface area contributed by atoms with Crippen LogP contribution in [-0.4, -0.2) is 28.8 Å². The average molecular weight is 371 g/mol. The summed E-state index contributed by atoms with van der Waals surface area (Å²) in [6.45, 7) is 0.760. The van der Waals surface area contributed by atoms with Crippen molar-refractivity contribution in [3.8, 4) is 23.0 Å². The maximum absolute atomic E-state index is 12.1. The lowest BCUT2D eigenvalue weighted by molar-refractivity contribution is 0.143. The summed E-state index contributed by atoms with van der Waals surface area (Å²) >= 11 is 0. The number of ether oxygens (including phenoxy) is 1. The van der Waals surface area contributed by atoms with E-state index in [1.807, 2.05) is 42.1 Å². The van der Waals surface area contributed by atoms with Crippen molar-refractivity contribution < 1.29 is 9.53 Å². The fourth-order valence-electron chi connectivity index (χ4n) is 3.51. The lowest BCUT2D eigenvalue weighted by atomic mass is 9.98. The van der Waals surface area contributed by atoms with Gasteiger partial charge in [-0.3, -0.25) is 0 Å². The van der Waals surface area contributed by atoms with Crippen molar-refractivity contribution in [3.05, 3.63) is 77.9 Å². The standard InChI is InChI=1S/C23H21N3O2/c1-26-14-17(25-16-26)8-6-7-13-24-23(27)28-15-22-20-11-4-2-9-18(20)19-10-3-5-12-21(19)22/h2-5,9-12,14,16,22H,7,13,15H2,1H3,(H,24,27). The Bertz CT molecular complexity index is 1010. The predicted molar refractivity (Wildman–Crippen MR) is 108 cm³/mol. The lowest BCUT2D eigenvalue weighted by Crippen LogP contribution is -2.26. The molecule has 1 N–H and O–H groups in total. The molecule has 1 aliphatic rings. The van der Waals surface area contributed by atoms with Crippen molar-refractivity contribution in [1.82, 2.24) is 14.9 Å². The van der Waals surface area contributed by atoms with Gasteiger partial charge in [0.15, 0.2) is 0 Å². The zero-order valence-electron chi connectivity index (χ0n) is 15.7. The number of nitrogens with one attached hydrogen (secondary N) is 1. The Hall–Kier alpha value is -3.52. The Balaban J connectivity index is 1.30. The summed E-state index contributed by atoms with van der Waals surface area (Å²) in [6.07, 6.45) is 3.69. The molecule has 0 spiro atoms. The van der Waals surface area contributed by atoms with Crippen LogP contribution >= 0.6 is 0 Å². The molecule has 0 saturated carbocycles. The van der Waals surface area contributed by atoms with Crippen LogP contribution in [0.25, 0.3) is 11.1 Å². The summed E-state index contributed by atoms with van der Waals surface area (Å²) in [4.78, 5) is 16.2. The first-order valence-electron chi connectivity index (χ1n) is 9.28. The molecule has 3 aromatic rings. The number of hydrogen-bond donors (Lipinski definition) is 1. The van der Waals surface area contributed by atoms with Crippen LogP contribution in [0.4, 0.5) is 4.79 Å². The van der Waals surface area contributed by atoms with Crippen LogP contribution in [0.1, 0.15) is 29.2 Å². The van der Waals surface area contributed by atoms with Gasteiger partial charge in [0, 0.05) is 32.1 Å². The number of alkyl carbamates (subject to hydrolysis) is 1. The van der Waals surface area contributed by atoms with Crippen molar-refractivity contribution in [1.29, 1.82) is 0 Å². The van der Waals surface area contributed by atoms with Crippen LogP contribution in [0.3, 0.4) is 0 Å². The van der Waals surface area contributed by atoms with E-state index in [1.54, 1.807) is 6.33 Å². The number of fused-ring (bicyclic) bond motifs is 3. The maximum atomic E-state index is 12.1. The van der Waals surface area contributed by atoms with Gasteiger partial charge in [0.25, 0.3) is 0 Å². The first-order valence-corrected chi connectivity index (χ1v) is 9.28. The number of amides is 1. The van der Waals surface area contributed by atoms with Crippen LogP contribution in [0, 0.1) is 11.8 Å². The minimum Gasteiger partial charge on any atom is -0.449 e. The fraction of sp³-hybridized carbons (Fsp3) is 0.217. The molecular formula is C23H21N3O2. The first-order chi connectivity index (χ1) is 13.7. The van der Waals surface area contributed by atoms with Crippen molar-refractivity contribution in [3.63, 3.8) is 0 Å². The number of rotatable bonds is 4. The number of imidazole rings is 1. The number of benzene rings is 2. The molecule has 0 bridgehead atoms. The van der Waals surface area contributed by atoms with Gasteiger partial charge in [0.05, 0.1) is 6.33 Å². The fourth-order valence-corrected chi connectivity index (χ4v) is 3.51. The van der Waals surface area contributed by atoms with E-state index in [0.29, 0.717) is 19.6 Å². The lowest BCUT2D eigenvalue weighted by Gasteiger charge is -2.14. The van der Waals surface area contributed by atoms with Crippen LogP contribution in [0.15, 0.2) is 61.1 Å². The monoisotopic (exact) mass is 371 g/mol. The molecule has 0 fully saturated rings. The Kier molecular flexibility index (Phi) is 5.11. The van der Waals surface area contributed by atoms with Crippen LogP contribution in [0.2, 0.25) is 0 Å². The van der Waals surface area contributed by atoms with E-state index < -0.39 is 6.09 Å². The van der Waals surface area contributed by atoms with Crippen molar-refractivity contribution in [2.75, 3.05) is 13.2 Å². The number of carbonyl (C=O) groups is 1. The third-order valence-corrected chi connectivity index (χ3v) is 4.78. The molecule has 0 atom stereocenters. The zero-order valence-corrected chi connectivity index (χ0v) is 15.7. The molecule has 5 heteroatoms. The Morgan fingerprint density at radius 1 is 1.14 bits per heavy atom. The number of aryl methyl sites for hydroxylation is 1. The summed E-state index contributed by atoms with van der Waals surface area (Å²) in [5.74, 6) is 6.03. The van der Waals surface area contributed by atoms with E-state index in [9.17, 15) is 4.79 Å². The molecule has 1 amide bonds. The van der Waals surface area contributed by atoms with Gasteiger partial charge in [0.1, 0.15) is 12.3 Å². The summed E-state index contributed by atoms with van der Waals surface area (Å²) < 4.78 is 7.34. The molecule has 0 saturated heterocycles. The number of carbonyl (C=O) groups excluding carboxylic acids is 1. The normalized spacial score (nSPS) is 11.9. The van der Waals surface area contributed by atoms with E-state index in [2.05, 4.69) is 46.4 Å². The predicted octanol–water partition coefficient (Wildman–Crippen LogP) is 3.70. The molecule has 1 aromatic heterocycles. The highest BCUT2D eigenvalue weighted by Gasteiger charge is 2.28. The van der Waals surface area contributed by atoms with Crippen LogP contribution in [-0.2, 0) is 11.8 Å². The van der Waals surface area contributed by atoms with Gasteiger partial charge in [-0.2, -0.15) is 0 Å². The molecular weight excluding hydrogens is 350 g/mol. The van der Waals surface area contributed by atoms with Crippen molar-refractivity contribution in [2.45, 2.75) is 12.3 Å². The minimum atomic E-state index is -0.415. The van der Waals surface area contributed by atoms with E-state index in [-0.39, 0.29) is 5.92 Å². The molecule has 0 unspecified atom stereocenters. The Morgan fingerprint density at radius 3 is 2.46 bits per heavy atom. The summed E-state index contributed by atoms with van der Waals surface area (Å²) in [5, 5.41) is 2.76. The average Bonchev–Trinajstić information content (AvgIpc) is 3.27. The molecule has 0 radical (unpaired) electrons. The van der Waals surface area contributed by atoms with E-state index in [4.69, 9.17) is 4.74 Å². The largest absolute Gasteiger partial charge is 0.449 e. The van der Waals surface area contributed by atoms with Crippen molar-refractivity contribution in [2.24, 2.45) is 7.05 Å². The Morgan fingerprint density at radius 2 is 1.82 bits per heavy atom. The second-order valence-corrected chi connectivity index (χ2v) is 6.73. The third-order valence-electron chi connectivity index (χ3n) is 4.78.